The van der Waals surface area contributed by atoms with Crippen LogP contribution in [-0.4, -0.2) is 159 Å². The number of β-amino-alcohol motifs (C(OH)–C–C–N with tert-alkyl or cyclic N) is 1. The van der Waals surface area contributed by atoms with Gasteiger partial charge in [-0.15, -0.1) is 11.3 Å². The van der Waals surface area contributed by atoms with Crippen molar-refractivity contribution in [1.29, 1.82) is 0 Å². The maximum atomic E-state index is 17.3. The van der Waals surface area contributed by atoms with E-state index in [0.29, 0.717) is 60.3 Å². The Morgan fingerprint density at radius 1 is 0.927 bits per heavy atom. The van der Waals surface area contributed by atoms with Crippen molar-refractivity contribution in [3.05, 3.63) is 94.3 Å². The number of nitrogens with one attached hydrogen (secondary N) is 2. The van der Waals surface area contributed by atoms with Gasteiger partial charge in [-0.1, -0.05) is 80.9 Å². The van der Waals surface area contributed by atoms with Crippen molar-refractivity contribution < 1.29 is 48.0 Å². The number of phenols is 1. The average molecular weight is 1160 g/mol. The Bertz CT molecular complexity index is 3310. The van der Waals surface area contributed by atoms with Gasteiger partial charge in [-0.25, -0.2) is 14.2 Å². The largest absolute Gasteiger partial charge is 0.508 e. The number of hydrogen-bond acceptors (Lipinski definition) is 15. The molecule has 438 valence electrons. The van der Waals surface area contributed by atoms with Gasteiger partial charge in [-0.05, 0) is 124 Å². The summed E-state index contributed by atoms with van der Waals surface area (Å²) >= 11 is 8.56. The SMILES string of the molecule is Cc1ncsc1-c1ccc([C@H](C)NC(=O)[C@@H]2C[C@@H](O)CN2C(=O)[C@@H](NC(=O)COCC2CCN(CCOc3nc(N4CCN(C(=O)OC(C)(C)C)C[C@@H]4C)c4cc(Cl)c(-c5cc(O)cc6ccccc56)c(F)c4n3)CC2)C(C)(C)C)cc1. The van der Waals surface area contributed by atoms with Gasteiger partial charge >= 0.3 is 12.1 Å². The molecule has 6 aromatic rings. The van der Waals surface area contributed by atoms with Crippen LogP contribution >= 0.6 is 22.9 Å². The van der Waals surface area contributed by atoms with Crippen LogP contribution in [0.4, 0.5) is 15.0 Å². The first-order valence-corrected chi connectivity index (χ1v) is 29.4. The minimum absolute atomic E-state index is 0.00435. The molecule has 4 N–H and O–H groups in total. The van der Waals surface area contributed by atoms with Crippen molar-refractivity contribution in [3.63, 3.8) is 0 Å². The Labute approximate surface area is 487 Å². The number of anilines is 1. The van der Waals surface area contributed by atoms with Crippen molar-refractivity contribution in [2.75, 3.05) is 70.5 Å². The molecule has 4 amide bonds. The molecule has 3 aliphatic heterocycles. The molecule has 0 bridgehead atoms. The lowest BCUT2D eigenvalue weighted by Crippen LogP contribution is -2.58. The third kappa shape index (κ3) is 13.9. The summed E-state index contributed by atoms with van der Waals surface area (Å²) in [5.41, 5.74) is 3.78. The predicted molar refractivity (Wildman–Crippen MR) is 316 cm³/mol. The van der Waals surface area contributed by atoms with E-state index in [4.69, 9.17) is 30.8 Å². The summed E-state index contributed by atoms with van der Waals surface area (Å²) in [6, 6.07) is 17.5. The Morgan fingerprint density at radius 3 is 2.34 bits per heavy atom. The van der Waals surface area contributed by atoms with Crippen LogP contribution in [0, 0.1) is 24.1 Å². The molecule has 0 unspecified atom stereocenters. The van der Waals surface area contributed by atoms with Crippen molar-refractivity contribution in [2.45, 2.75) is 117 Å². The summed E-state index contributed by atoms with van der Waals surface area (Å²) in [6.07, 6.45) is 0.345. The van der Waals surface area contributed by atoms with E-state index in [1.54, 1.807) is 28.4 Å². The van der Waals surface area contributed by atoms with E-state index < -0.39 is 52.9 Å². The minimum Gasteiger partial charge on any atom is -0.508 e. The number of piperidine rings is 1. The van der Waals surface area contributed by atoms with Crippen LogP contribution in [-0.2, 0) is 23.9 Å². The molecule has 5 heterocycles. The molecule has 3 aliphatic rings. The zero-order chi connectivity index (χ0) is 58.8. The number of aromatic hydroxyl groups is 1. The van der Waals surface area contributed by atoms with E-state index in [0.717, 1.165) is 47.6 Å². The molecule has 82 heavy (non-hydrogen) atoms. The first-order chi connectivity index (χ1) is 38.9. The molecule has 3 fully saturated rings. The highest BCUT2D eigenvalue weighted by Gasteiger charge is 2.45. The number of rotatable bonds is 16. The molecule has 18 nitrogen and oxygen atoms in total. The molecular formula is C61H75ClFN9O9S. The fourth-order valence-corrected chi connectivity index (χ4v) is 12.2. The number of carbonyl (C=O) groups is 4. The Balaban J connectivity index is 0.792. The smallest absolute Gasteiger partial charge is 0.410 e. The zero-order valence-electron chi connectivity index (χ0n) is 48.1. The van der Waals surface area contributed by atoms with Gasteiger partial charge in [0, 0.05) is 56.1 Å². The number of aliphatic hydroxyl groups excluding tert-OH is 1. The van der Waals surface area contributed by atoms with Gasteiger partial charge < -0.3 is 49.8 Å². The molecule has 0 aliphatic carbocycles. The first-order valence-electron chi connectivity index (χ1n) is 28.1. The topological polar surface area (TPSA) is 212 Å². The summed E-state index contributed by atoms with van der Waals surface area (Å²) in [5, 5.41) is 29.3. The van der Waals surface area contributed by atoms with E-state index >= 15 is 4.39 Å². The minimum atomic E-state index is -0.994. The van der Waals surface area contributed by atoms with Gasteiger partial charge in [-0.2, -0.15) is 9.97 Å². The normalized spacial score (nSPS) is 19.1. The van der Waals surface area contributed by atoms with Crippen LogP contribution in [0.15, 0.2) is 72.2 Å². The number of phenolic OH excluding ortho intramolecular Hbond substituents is 1. The van der Waals surface area contributed by atoms with Crippen molar-refractivity contribution >= 4 is 74.2 Å². The number of aryl methyl sites for hydroxylation is 1. The number of amides is 4. The molecule has 0 spiro atoms. The molecule has 0 saturated carbocycles. The molecule has 4 aromatic carbocycles. The maximum Gasteiger partial charge on any atom is 0.410 e. The molecular weight excluding hydrogens is 1090 g/mol. The molecule has 9 rings (SSSR count). The number of likely N-dealkylation sites (tertiary alicyclic amines) is 2. The fourth-order valence-electron chi connectivity index (χ4n) is 11.1. The van der Waals surface area contributed by atoms with Gasteiger partial charge in [0.15, 0.2) is 5.82 Å². The van der Waals surface area contributed by atoms with Gasteiger partial charge in [0.05, 0.1) is 39.9 Å². The summed E-state index contributed by atoms with van der Waals surface area (Å²) in [6.45, 7) is 20.1. The van der Waals surface area contributed by atoms with Crippen molar-refractivity contribution in [3.8, 4) is 33.3 Å². The number of aromatic nitrogens is 3. The van der Waals surface area contributed by atoms with Gasteiger partial charge in [0.2, 0.25) is 17.7 Å². The highest BCUT2D eigenvalue weighted by Crippen LogP contribution is 2.43. The second-order valence-electron chi connectivity index (χ2n) is 24.0. The highest BCUT2D eigenvalue weighted by atomic mass is 35.5. The number of ether oxygens (including phenoxy) is 3. The van der Waals surface area contributed by atoms with Crippen LogP contribution < -0.4 is 20.3 Å². The molecule has 2 aromatic heterocycles. The summed E-state index contributed by atoms with van der Waals surface area (Å²) in [7, 11) is 0. The lowest BCUT2D eigenvalue weighted by Gasteiger charge is -2.41. The van der Waals surface area contributed by atoms with Gasteiger partial charge in [0.25, 0.3) is 0 Å². The van der Waals surface area contributed by atoms with Crippen molar-refractivity contribution in [2.24, 2.45) is 11.3 Å². The molecule has 0 radical (unpaired) electrons. The lowest BCUT2D eigenvalue weighted by molar-refractivity contribution is -0.144. The number of fused-ring (bicyclic) bond motifs is 2. The van der Waals surface area contributed by atoms with E-state index in [1.807, 2.05) is 121 Å². The summed E-state index contributed by atoms with van der Waals surface area (Å²) in [4.78, 5) is 76.9. The monoisotopic (exact) mass is 1160 g/mol. The van der Waals surface area contributed by atoms with Gasteiger partial charge in [-0.3, -0.25) is 19.3 Å². The second kappa shape index (κ2) is 25.0. The molecule has 3 saturated heterocycles. The van der Waals surface area contributed by atoms with E-state index in [1.165, 1.54) is 11.0 Å². The van der Waals surface area contributed by atoms with E-state index in [9.17, 15) is 29.4 Å². The van der Waals surface area contributed by atoms with Crippen LogP contribution in [0.3, 0.4) is 0 Å². The average Bonchev–Trinajstić information content (AvgIpc) is 4.05. The quantitative estimate of drug-likeness (QED) is 0.0712. The van der Waals surface area contributed by atoms with Crippen LogP contribution in [0.2, 0.25) is 5.02 Å². The van der Waals surface area contributed by atoms with Crippen LogP contribution in [0.1, 0.15) is 92.0 Å². The number of aliphatic hydroxyl groups is 1. The second-order valence-corrected chi connectivity index (χ2v) is 25.2. The molecule has 5 atom stereocenters. The summed E-state index contributed by atoms with van der Waals surface area (Å²) < 4.78 is 35.2. The van der Waals surface area contributed by atoms with E-state index in [2.05, 4.69) is 25.5 Å². The Hall–Kier alpha value is -6.71. The third-order valence-corrected chi connectivity index (χ3v) is 16.8. The van der Waals surface area contributed by atoms with Gasteiger partial charge in [0.1, 0.15) is 48.0 Å². The number of piperazine rings is 1. The Kier molecular flexibility index (Phi) is 18.3. The number of thiazole rings is 1. The number of nitrogens with zero attached hydrogens (tertiary/aromatic N) is 7. The standard InChI is InChI=1S/C61H75ClFN9O9S/c1-35-30-70(59(78)81-61(7,8)9)22-23-71(35)55-46-29-47(62)50(45-27-42(73)26-41-12-10-11-13-44(41)45)51(63)52(46)67-58(68-55)80-25-24-69-20-18-38(19-21-69)32-79-33-49(75)66-54(60(4,5)6)57(77)72-31-43(74)28-48(72)56(76)65-36(2)39-14-16-40(17-15-39)53-37(3)64-34-82-53/h10-17,26-27,29,34-36,38,43,48,54,73-74H,18-25,28,30-33H2,1-9H3,(H,65,76)(H,66,75)/t35-,36-,43+,48-,54+/m0/s1. The Morgan fingerprint density at radius 2 is 1.66 bits per heavy atom. The van der Waals surface area contributed by atoms with E-state index in [-0.39, 0.29) is 78.0 Å². The lowest BCUT2D eigenvalue weighted by atomic mass is 9.85. The summed E-state index contributed by atoms with van der Waals surface area (Å²) in [5.74, 6) is -1.45. The first kappa shape index (κ1) is 59.9. The van der Waals surface area contributed by atoms with Crippen LogP contribution in [0.25, 0.3) is 43.2 Å². The van der Waals surface area contributed by atoms with Crippen LogP contribution in [0.5, 0.6) is 11.8 Å². The number of benzene rings is 4. The molecule has 21 heteroatoms. The highest BCUT2D eigenvalue weighted by molar-refractivity contribution is 7.13. The van der Waals surface area contributed by atoms with Crippen molar-refractivity contribution in [1.82, 2.24) is 40.3 Å². The number of hydrogen-bond donors (Lipinski definition) is 4. The number of carbonyl (C=O) groups excluding carboxylic acids is 4. The fraction of sp³-hybridized carbons (Fsp3) is 0.492. The number of halogens is 2. The third-order valence-electron chi connectivity index (χ3n) is 15.5. The predicted octanol–water partition coefficient (Wildman–Crippen LogP) is 9.30. The zero-order valence-corrected chi connectivity index (χ0v) is 49.7. The maximum absolute atomic E-state index is 17.3.